The van der Waals surface area contributed by atoms with Gasteiger partial charge in [-0.2, -0.15) is 0 Å². The topological polar surface area (TPSA) is 71.1 Å². The lowest BCUT2D eigenvalue weighted by Gasteiger charge is -2.22. The first kappa shape index (κ1) is 20.4. The van der Waals surface area contributed by atoms with Crippen LogP contribution in [0.3, 0.4) is 0 Å². The van der Waals surface area contributed by atoms with Crippen LogP contribution in [0.1, 0.15) is 52.8 Å². The first-order valence-corrected chi connectivity index (χ1v) is 10.7. The van der Waals surface area contributed by atoms with E-state index in [2.05, 4.69) is 15.6 Å². The van der Waals surface area contributed by atoms with Crippen LogP contribution in [0.2, 0.25) is 5.02 Å². The molecule has 30 heavy (non-hydrogen) atoms. The Kier molecular flexibility index (Phi) is 6.29. The lowest BCUT2D eigenvalue weighted by atomic mass is 9.89. The monoisotopic (exact) mass is 421 g/mol. The van der Waals surface area contributed by atoms with Gasteiger partial charge in [-0.3, -0.25) is 14.6 Å². The molecule has 0 aliphatic heterocycles. The van der Waals surface area contributed by atoms with Gasteiger partial charge in [-0.15, -0.1) is 0 Å². The van der Waals surface area contributed by atoms with E-state index in [1.54, 1.807) is 30.5 Å². The average Bonchev–Trinajstić information content (AvgIpc) is 2.79. The summed E-state index contributed by atoms with van der Waals surface area (Å²) >= 11 is 6.14. The molecule has 154 valence electrons. The maximum atomic E-state index is 13.0. The van der Waals surface area contributed by atoms with E-state index in [1.165, 1.54) is 19.3 Å². The number of hydrogen-bond acceptors (Lipinski definition) is 3. The quantitative estimate of drug-likeness (QED) is 0.575. The van der Waals surface area contributed by atoms with Crippen molar-refractivity contribution in [2.45, 2.75) is 32.1 Å². The molecule has 2 aromatic carbocycles. The molecule has 2 N–H and O–H groups in total. The molecule has 1 aromatic heterocycles. The number of nitrogens with one attached hydrogen (secondary N) is 2. The van der Waals surface area contributed by atoms with E-state index in [9.17, 15) is 9.59 Å². The van der Waals surface area contributed by atoms with Crippen LogP contribution in [-0.4, -0.2) is 23.3 Å². The molecule has 0 bridgehead atoms. The maximum absolute atomic E-state index is 13.0. The molecule has 0 saturated heterocycles. The van der Waals surface area contributed by atoms with Gasteiger partial charge in [-0.05, 0) is 49.1 Å². The number of rotatable bonds is 5. The second-order valence-electron chi connectivity index (χ2n) is 7.73. The van der Waals surface area contributed by atoms with Crippen LogP contribution in [0.25, 0.3) is 10.9 Å². The zero-order valence-corrected chi connectivity index (χ0v) is 17.4. The fraction of sp³-hybridized carbons (Fsp3) is 0.292. The normalized spacial score (nSPS) is 14.4. The molecule has 1 fully saturated rings. The number of benzene rings is 2. The van der Waals surface area contributed by atoms with Crippen molar-refractivity contribution in [1.82, 2.24) is 10.3 Å². The summed E-state index contributed by atoms with van der Waals surface area (Å²) in [6.45, 7) is 0.647. The number of fused-ring (bicyclic) bond motifs is 1. The minimum absolute atomic E-state index is 0.224. The lowest BCUT2D eigenvalue weighted by Crippen LogP contribution is -2.31. The van der Waals surface area contributed by atoms with Crippen LogP contribution >= 0.6 is 11.6 Å². The largest absolute Gasteiger partial charge is 0.352 e. The number of nitrogens with zero attached hydrogens (tertiary/aromatic N) is 1. The number of halogens is 1. The summed E-state index contributed by atoms with van der Waals surface area (Å²) in [6, 6.07) is 14.1. The second-order valence-corrected chi connectivity index (χ2v) is 8.17. The number of pyridine rings is 1. The zero-order chi connectivity index (χ0) is 20.9. The average molecular weight is 422 g/mol. The lowest BCUT2D eigenvalue weighted by molar-refractivity contribution is 0.0944. The molecule has 1 aliphatic carbocycles. The zero-order valence-electron chi connectivity index (χ0n) is 16.7. The Morgan fingerprint density at radius 1 is 0.967 bits per heavy atom. The first-order chi connectivity index (χ1) is 14.6. The molecule has 1 aliphatic rings. The van der Waals surface area contributed by atoms with Crippen LogP contribution < -0.4 is 10.6 Å². The van der Waals surface area contributed by atoms with E-state index in [1.807, 2.05) is 24.3 Å². The van der Waals surface area contributed by atoms with Gasteiger partial charge < -0.3 is 10.6 Å². The van der Waals surface area contributed by atoms with Crippen LogP contribution in [0.4, 0.5) is 5.69 Å². The highest BCUT2D eigenvalue weighted by atomic mass is 35.5. The van der Waals surface area contributed by atoms with Crippen molar-refractivity contribution in [3.63, 3.8) is 0 Å². The Hall–Kier alpha value is -2.92. The van der Waals surface area contributed by atoms with E-state index < -0.39 is 0 Å². The van der Waals surface area contributed by atoms with Crippen molar-refractivity contribution in [3.05, 3.63) is 70.9 Å². The molecule has 1 saturated carbocycles. The van der Waals surface area contributed by atoms with Gasteiger partial charge in [-0.25, -0.2) is 0 Å². The number of carbonyl (C=O) groups is 2. The molecule has 0 spiro atoms. The Balaban J connectivity index is 1.54. The van der Waals surface area contributed by atoms with Gasteiger partial charge >= 0.3 is 0 Å². The van der Waals surface area contributed by atoms with Crippen molar-refractivity contribution < 1.29 is 9.59 Å². The highest BCUT2D eigenvalue weighted by Crippen LogP contribution is 2.25. The van der Waals surface area contributed by atoms with Crippen molar-refractivity contribution >= 4 is 40.0 Å². The van der Waals surface area contributed by atoms with Gasteiger partial charge in [-0.1, -0.05) is 49.1 Å². The minimum atomic E-state index is -0.294. The fourth-order valence-corrected chi connectivity index (χ4v) is 4.19. The van der Waals surface area contributed by atoms with E-state index in [0.29, 0.717) is 34.3 Å². The Bertz CT molecular complexity index is 1070. The Labute approximate surface area is 180 Å². The van der Waals surface area contributed by atoms with Gasteiger partial charge in [0.15, 0.2) is 0 Å². The van der Waals surface area contributed by atoms with E-state index >= 15 is 0 Å². The minimum Gasteiger partial charge on any atom is -0.352 e. The van der Waals surface area contributed by atoms with E-state index in [0.717, 1.165) is 23.7 Å². The molecular formula is C24H24ClN3O2. The standard InChI is InChI=1S/C24H24ClN3O2/c25-17-10-11-22(20(14-17)23(29)27-15-16-6-2-1-3-7-16)28-24(30)19-12-13-26-21-9-5-4-8-18(19)21/h4-5,8-14,16H,1-3,6-7,15H2,(H,27,29)(H,28,30). The molecule has 3 aromatic rings. The highest BCUT2D eigenvalue weighted by molar-refractivity contribution is 6.31. The first-order valence-electron chi connectivity index (χ1n) is 10.3. The van der Waals surface area contributed by atoms with Crippen molar-refractivity contribution in [2.24, 2.45) is 5.92 Å². The number of amides is 2. The molecule has 6 heteroatoms. The second kappa shape index (κ2) is 9.26. The molecule has 5 nitrogen and oxygen atoms in total. The van der Waals surface area contributed by atoms with Crippen LogP contribution in [-0.2, 0) is 0 Å². The molecule has 1 heterocycles. The number of para-hydroxylation sites is 1. The smallest absolute Gasteiger partial charge is 0.256 e. The SMILES string of the molecule is O=C(NCC1CCCCC1)c1cc(Cl)ccc1NC(=O)c1ccnc2ccccc12. The Morgan fingerprint density at radius 2 is 1.77 bits per heavy atom. The predicted molar refractivity (Wildman–Crippen MR) is 120 cm³/mol. The summed E-state index contributed by atoms with van der Waals surface area (Å²) in [5.74, 6) is -0.00155. The maximum Gasteiger partial charge on any atom is 0.256 e. The fourth-order valence-electron chi connectivity index (χ4n) is 4.02. The summed E-state index contributed by atoms with van der Waals surface area (Å²) in [6.07, 6.45) is 7.62. The molecular weight excluding hydrogens is 398 g/mol. The van der Waals surface area contributed by atoms with Gasteiger partial charge in [0.1, 0.15) is 0 Å². The highest BCUT2D eigenvalue weighted by Gasteiger charge is 2.19. The molecule has 0 unspecified atom stereocenters. The molecule has 2 amide bonds. The predicted octanol–water partition coefficient (Wildman–Crippen LogP) is 5.45. The number of anilines is 1. The molecule has 0 atom stereocenters. The van der Waals surface area contributed by atoms with E-state index in [4.69, 9.17) is 11.6 Å². The van der Waals surface area contributed by atoms with Gasteiger partial charge in [0.05, 0.1) is 22.3 Å². The Morgan fingerprint density at radius 3 is 2.60 bits per heavy atom. The van der Waals surface area contributed by atoms with Gasteiger partial charge in [0.2, 0.25) is 0 Å². The van der Waals surface area contributed by atoms with Crippen molar-refractivity contribution in [2.75, 3.05) is 11.9 Å². The third-order valence-corrected chi connectivity index (χ3v) is 5.88. The molecule has 0 radical (unpaired) electrons. The van der Waals surface area contributed by atoms with Crippen LogP contribution in [0.15, 0.2) is 54.7 Å². The number of aromatic nitrogens is 1. The summed E-state index contributed by atoms with van der Waals surface area (Å²) in [5, 5.41) is 7.11. The number of carbonyl (C=O) groups excluding carboxylic acids is 2. The summed E-state index contributed by atoms with van der Waals surface area (Å²) in [4.78, 5) is 30.1. The summed E-state index contributed by atoms with van der Waals surface area (Å²) in [5.41, 5.74) is 2.05. The van der Waals surface area contributed by atoms with Crippen LogP contribution in [0.5, 0.6) is 0 Å². The van der Waals surface area contributed by atoms with E-state index in [-0.39, 0.29) is 11.8 Å². The van der Waals surface area contributed by atoms with Crippen molar-refractivity contribution in [1.29, 1.82) is 0 Å². The number of hydrogen-bond donors (Lipinski definition) is 2. The molecule has 4 rings (SSSR count). The van der Waals surface area contributed by atoms with Gasteiger partial charge in [0, 0.05) is 23.2 Å². The third kappa shape index (κ3) is 4.62. The summed E-state index contributed by atoms with van der Waals surface area (Å²) in [7, 11) is 0. The van der Waals surface area contributed by atoms with Gasteiger partial charge in [0.25, 0.3) is 11.8 Å². The third-order valence-electron chi connectivity index (χ3n) is 5.64. The summed E-state index contributed by atoms with van der Waals surface area (Å²) < 4.78 is 0. The van der Waals surface area contributed by atoms with Crippen molar-refractivity contribution in [3.8, 4) is 0 Å². The van der Waals surface area contributed by atoms with Crippen LogP contribution in [0, 0.1) is 5.92 Å².